The number of carbonyl (C=O) groups is 2. The summed E-state index contributed by atoms with van der Waals surface area (Å²) in [5.74, 6) is -1.08. The Morgan fingerprint density at radius 2 is 1.34 bits per heavy atom. The van der Waals surface area contributed by atoms with Gasteiger partial charge in [-0.3, -0.25) is 14.1 Å². The predicted octanol–water partition coefficient (Wildman–Crippen LogP) is 6.33. The summed E-state index contributed by atoms with van der Waals surface area (Å²) in [5.41, 5.74) is 0. The number of phosphoric ester groups is 1. The minimum Gasteiger partial charge on any atom is -0.462 e. The first kappa shape index (κ1) is 41.4. The Hall–Kier alpha value is -2.59. The quantitative estimate of drug-likeness (QED) is 0.0277. The molecule has 0 saturated carbocycles. The van der Waals surface area contributed by atoms with Gasteiger partial charge in [-0.1, -0.05) is 112 Å². The molecule has 0 aromatic heterocycles. The lowest BCUT2D eigenvalue weighted by Gasteiger charge is -2.18. The van der Waals surface area contributed by atoms with Gasteiger partial charge in [0.05, 0.1) is 18.8 Å². The molecule has 11 heteroatoms. The van der Waals surface area contributed by atoms with Gasteiger partial charge in [0.2, 0.25) is 0 Å². The highest BCUT2D eigenvalue weighted by Crippen LogP contribution is 2.35. The van der Waals surface area contributed by atoms with Gasteiger partial charge in [0.25, 0.3) is 0 Å². The normalized spacial score (nSPS) is 15.0. The number of phosphoric acid groups is 1. The maximum absolute atomic E-state index is 12.1. The number of unbranched alkanes of at least 4 members (excludes halogenated alkanes) is 4. The SMILES string of the molecule is CC/C=C\C[C@@H](O)/C=C/C=C\C=C\[C@@H](O)C/C=C\C/C=C\CCC(=O)OC[C@H](COP(=O)(O)O)OC(=O)CCCCCCC. The van der Waals surface area contributed by atoms with Crippen LogP contribution >= 0.6 is 7.82 Å². The number of rotatable bonds is 26. The van der Waals surface area contributed by atoms with E-state index in [2.05, 4.69) is 11.4 Å². The number of allylic oxidation sites excluding steroid dienone is 8. The van der Waals surface area contributed by atoms with Crippen LogP contribution in [0.3, 0.4) is 0 Å². The monoisotopic (exact) mass is 640 g/mol. The predicted molar refractivity (Wildman–Crippen MR) is 172 cm³/mol. The summed E-state index contributed by atoms with van der Waals surface area (Å²) in [6.45, 7) is 3.18. The molecule has 0 saturated heterocycles. The second-order valence-electron chi connectivity index (χ2n) is 10.1. The zero-order chi connectivity index (χ0) is 32.9. The first-order valence-electron chi connectivity index (χ1n) is 15.4. The summed E-state index contributed by atoms with van der Waals surface area (Å²) in [7, 11) is -4.78. The first-order chi connectivity index (χ1) is 21.1. The molecule has 0 aromatic rings. The van der Waals surface area contributed by atoms with Crippen LogP contribution in [0.5, 0.6) is 0 Å². The number of ether oxygens (including phenoxy) is 2. The van der Waals surface area contributed by atoms with Gasteiger partial charge in [-0.25, -0.2) is 4.57 Å². The summed E-state index contributed by atoms with van der Waals surface area (Å²) < 4.78 is 25.8. The highest BCUT2D eigenvalue weighted by molar-refractivity contribution is 7.46. The minimum atomic E-state index is -4.78. The molecule has 0 spiro atoms. The van der Waals surface area contributed by atoms with Crippen molar-refractivity contribution < 1.29 is 48.2 Å². The molecular formula is C33H53O10P. The van der Waals surface area contributed by atoms with Crippen molar-refractivity contribution in [3.05, 3.63) is 72.9 Å². The average Bonchev–Trinajstić information content (AvgIpc) is 2.97. The molecule has 0 amide bonds. The summed E-state index contributed by atoms with van der Waals surface area (Å²) in [6, 6.07) is 0. The van der Waals surface area contributed by atoms with Crippen molar-refractivity contribution in [1.82, 2.24) is 0 Å². The van der Waals surface area contributed by atoms with E-state index in [0.717, 1.165) is 32.1 Å². The molecule has 44 heavy (non-hydrogen) atoms. The van der Waals surface area contributed by atoms with E-state index in [1.807, 2.05) is 43.4 Å². The topological polar surface area (TPSA) is 160 Å². The molecule has 0 aliphatic heterocycles. The number of hydrogen-bond acceptors (Lipinski definition) is 8. The Kier molecular flexibility index (Phi) is 26.3. The van der Waals surface area contributed by atoms with Gasteiger partial charge >= 0.3 is 19.8 Å². The molecule has 0 aliphatic carbocycles. The molecule has 3 atom stereocenters. The van der Waals surface area contributed by atoms with Gasteiger partial charge < -0.3 is 29.5 Å². The van der Waals surface area contributed by atoms with E-state index < -0.39 is 44.7 Å². The van der Waals surface area contributed by atoms with Crippen molar-refractivity contribution in [1.29, 1.82) is 0 Å². The summed E-state index contributed by atoms with van der Waals surface area (Å²) >= 11 is 0. The Bertz CT molecular complexity index is 977. The molecule has 0 radical (unpaired) electrons. The van der Waals surface area contributed by atoms with Crippen molar-refractivity contribution in [2.24, 2.45) is 0 Å². The molecular weight excluding hydrogens is 587 g/mol. The fourth-order valence-electron chi connectivity index (χ4n) is 3.57. The average molecular weight is 641 g/mol. The minimum absolute atomic E-state index is 0.0821. The number of esters is 2. The van der Waals surface area contributed by atoms with Gasteiger partial charge in [-0.15, -0.1) is 0 Å². The van der Waals surface area contributed by atoms with Crippen LogP contribution in [-0.4, -0.2) is 63.5 Å². The lowest BCUT2D eigenvalue weighted by molar-refractivity contribution is -0.161. The van der Waals surface area contributed by atoms with Crippen molar-refractivity contribution in [2.75, 3.05) is 13.2 Å². The van der Waals surface area contributed by atoms with Crippen LogP contribution in [0.2, 0.25) is 0 Å². The summed E-state index contributed by atoms with van der Waals surface area (Å²) in [6.07, 6.45) is 27.6. The van der Waals surface area contributed by atoms with Crippen LogP contribution in [0.15, 0.2) is 72.9 Å². The molecule has 4 N–H and O–H groups in total. The molecule has 0 heterocycles. The zero-order valence-corrected chi connectivity index (χ0v) is 27.1. The van der Waals surface area contributed by atoms with E-state index in [9.17, 15) is 24.4 Å². The van der Waals surface area contributed by atoms with Gasteiger partial charge in [-0.05, 0) is 38.5 Å². The van der Waals surface area contributed by atoms with Gasteiger partial charge in [0.1, 0.15) is 6.61 Å². The summed E-state index contributed by atoms with van der Waals surface area (Å²) in [4.78, 5) is 42.1. The first-order valence-corrected chi connectivity index (χ1v) is 17.0. The highest BCUT2D eigenvalue weighted by Gasteiger charge is 2.22. The molecule has 0 aromatic carbocycles. The van der Waals surface area contributed by atoms with E-state index in [1.165, 1.54) is 0 Å². The van der Waals surface area contributed by atoms with Crippen molar-refractivity contribution >= 4 is 19.8 Å². The molecule has 0 aliphatic rings. The fourth-order valence-corrected chi connectivity index (χ4v) is 3.93. The number of carbonyl (C=O) groups excluding carboxylic acids is 2. The van der Waals surface area contributed by atoms with Crippen LogP contribution in [0.4, 0.5) is 0 Å². The van der Waals surface area contributed by atoms with Crippen LogP contribution in [0, 0.1) is 0 Å². The Morgan fingerprint density at radius 1 is 0.727 bits per heavy atom. The van der Waals surface area contributed by atoms with E-state index >= 15 is 0 Å². The molecule has 250 valence electrons. The Balaban J connectivity index is 4.27. The Labute approximate surface area is 263 Å². The molecule has 0 rings (SSSR count). The largest absolute Gasteiger partial charge is 0.469 e. The molecule has 0 bridgehead atoms. The number of aliphatic hydroxyl groups is 2. The third-order valence-corrected chi connectivity index (χ3v) is 6.40. The lowest BCUT2D eigenvalue weighted by atomic mass is 10.1. The van der Waals surface area contributed by atoms with Crippen molar-refractivity contribution in [3.8, 4) is 0 Å². The van der Waals surface area contributed by atoms with Crippen LogP contribution in [0.1, 0.15) is 90.9 Å². The fraction of sp³-hybridized carbons (Fsp3) is 0.576. The van der Waals surface area contributed by atoms with Crippen LogP contribution in [0.25, 0.3) is 0 Å². The third-order valence-electron chi connectivity index (χ3n) is 5.92. The van der Waals surface area contributed by atoms with Gasteiger partial charge in [-0.2, -0.15) is 0 Å². The summed E-state index contributed by atoms with van der Waals surface area (Å²) in [5, 5.41) is 19.8. The molecule has 0 fully saturated rings. The van der Waals surface area contributed by atoms with E-state index in [4.69, 9.17) is 19.3 Å². The van der Waals surface area contributed by atoms with E-state index in [0.29, 0.717) is 32.1 Å². The maximum Gasteiger partial charge on any atom is 0.469 e. The standard InChI is InChI=1S/C33H53O10P/c1-3-5-7-10-20-26-33(37)43-31(28-42-44(38,39)40)27-41-32(36)25-19-12-9-8-11-16-22-30(35)24-18-14-13-17-23-29(34)21-15-6-4-2/h6,9,11-18,23-24,29-31,34-35H,3-5,7-8,10,19-22,25-28H2,1-2H3,(H2,38,39,40)/b12-9-,14-13-,15-6-,16-11-,23-17+,24-18+/t29-,30+,31-/m1/s1. The van der Waals surface area contributed by atoms with E-state index in [-0.39, 0.29) is 19.4 Å². The second kappa shape index (κ2) is 27.9. The Morgan fingerprint density at radius 3 is 1.95 bits per heavy atom. The van der Waals surface area contributed by atoms with Gasteiger partial charge in [0, 0.05) is 12.8 Å². The second-order valence-corrected chi connectivity index (χ2v) is 11.3. The molecule has 0 unspecified atom stereocenters. The zero-order valence-electron chi connectivity index (χ0n) is 26.2. The number of hydrogen-bond donors (Lipinski definition) is 4. The smallest absolute Gasteiger partial charge is 0.462 e. The van der Waals surface area contributed by atoms with Crippen molar-refractivity contribution in [3.63, 3.8) is 0 Å². The molecule has 10 nitrogen and oxygen atoms in total. The lowest BCUT2D eigenvalue weighted by Crippen LogP contribution is -2.29. The number of aliphatic hydroxyl groups excluding tert-OH is 2. The van der Waals surface area contributed by atoms with Crippen molar-refractivity contribution in [2.45, 2.75) is 109 Å². The third kappa shape index (κ3) is 29.5. The van der Waals surface area contributed by atoms with E-state index in [1.54, 1.807) is 36.5 Å². The maximum atomic E-state index is 12.1. The van der Waals surface area contributed by atoms with Crippen LogP contribution < -0.4 is 0 Å². The highest BCUT2D eigenvalue weighted by atomic mass is 31.2. The van der Waals surface area contributed by atoms with Crippen LogP contribution in [-0.2, 0) is 28.2 Å². The van der Waals surface area contributed by atoms with Gasteiger partial charge in [0.15, 0.2) is 6.10 Å².